The summed E-state index contributed by atoms with van der Waals surface area (Å²) in [6, 6.07) is 5.25. The molecular weight excluding hydrogens is 468 g/mol. The molecule has 0 aliphatic rings. The Morgan fingerprint density at radius 1 is 1.22 bits per heavy atom. The molecule has 0 fully saturated rings. The normalized spacial score (nSPS) is 12.2. The van der Waals surface area contributed by atoms with Gasteiger partial charge >= 0.3 is 12.1 Å². The highest BCUT2D eigenvalue weighted by atomic mass is 16.6. The maximum absolute atomic E-state index is 13.4. The van der Waals surface area contributed by atoms with Crippen molar-refractivity contribution in [1.82, 2.24) is 15.5 Å². The molecule has 194 valence electrons. The van der Waals surface area contributed by atoms with Crippen molar-refractivity contribution < 1.29 is 33.8 Å². The number of aliphatic hydroxyl groups excluding tert-OH is 1. The Morgan fingerprint density at radius 2 is 1.89 bits per heavy atom. The van der Waals surface area contributed by atoms with Crippen molar-refractivity contribution in [3.8, 4) is 18.4 Å². The number of hydrogen-bond donors (Lipinski definition) is 3. The minimum Gasteiger partial charge on any atom is -0.466 e. The summed E-state index contributed by atoms with van der Waals surface area (Å²) in [5, 5.41) is 24.1. The van der Waals surface area contributed by atoms with E-state index in [0.717, 1.165) is 4.90 Å². The summed E-state index contributed by atoms with van der Waals surface area (Å²) in [5.74, 6) is 0.285. The number of nitrogens with zero attached hydrogens (tertiary/aromatic N) is 2. The Hall–Kier alpha value is -4.09. The van der Waals surface area contributed by atoms with E-state index in [2.05, 4.69) is 16.6 Å². The monoisotopic (exact) mass is 500 g/mol. The van der Waals surface area contributed by atoms with Gasteiger partial charge in [0.2, 0.25) is 11.8 Å². The van der Waals surface area contributed by atoms with Gasteiger partial charge in [0, 0.05) is 12.1 Å². The second-order valence-corrected chi connectivity index (χ2v) is 8.49. The summed E-state index contributed by atoms with van der Waals surface area (Å²) < 4.78 is 9.98. The Bertz CT molecular complexity index is 1020. The van der Waals surface area contributed by atoms with E-state index in [1.807, 2.05) is 6.07 Å². The number of nitriles is 1. The number of amides is 3. The molecule has 11 nitrogen and oxygen atoms in total. The van der Waals surface area contributed by atoms with E-state index in [1.54, 1.807) is 45.9 Å². The molecule has 1 aromatic carbocycles. The summed E-state index contributed by atoms with van der Waals surface area (Å²) >= 11 is 0. The van der Waals surface area contributed by atoms with Crippen molar-refractivity contribution in [3.05, 3.63) is 35.4 Å². The molecule has 0 aliphatic carbocycles. The number of carbonyl (C=O) groups excluding carboxylic acids is 4. The van der Waals surface area contributed by atoms with Crippen LogP contribution in [0.2, 0.25) is 0 Å². The SMILES string of the molecule is C#Cc1ccccc1C(C(=O)NCCC(=O)OCC)N(CC#N)C(=O)C(CO)NC(=O)OC(C)(C)C. The molecule has 1 rings (SSSR count). The molecule has 1 aromatic rings. The van der Waals surface area contributed by atoms with Crippen LogP contribution in [0.1, 0.15) is 51.3 Å². The van der Waals surface area contributed by atoms with Gasteiger partial charge in [-0.2, -0.15) is 5.26 Å². The van der Waals surface area contributed by atoms with E-state index >= 15 is 0 Å². The van der Waals surface area contributed by atoms with Crippen LogP contribution in [0.15, 0.2) is 24.3 Å². The fourth-order valence-corrected chi connectivity index (χ4v) is 3.14. The summed E-state index contributed by atoms with van der Waals surface area (Å²) in [4.78, 5) is 51.4. The predicted octanol–water partition coefficient (Wildman–Crippen LogP) is 1.02. The van der Waals surface area contributed by atoms with Crippen molar-refractivity contribution in [2.75, 3.05) is 26.3 Å². The lowest BCUT2D eigenvalue weighted by molar-refractivity contribution is -0.144. The fraction of sp³-hybridized carbons (Fsp3) is 0.480. The van der Waals surface area contributed by atoms with E-state index in [-0.39, 0.29) is 25.1 Å². The summed E-state index contributed by atoms with van der Waals surface area (Å²) in [6.07, 6.45) is 4.51. The minimum atomic E-state index is -1.51. The lowest BCUT2D eigenvalue weighted by Gasteiger charge is -2.32. The van der Waals surface area contributed by atoms with Gasteiger partial charge in [0.1, 0.15) is 24.2 Å². The van der Waals surface area contributed by atoms with E-state index in [9.17, 15) is 29.5 Å². The molecule has 11 heteroatoms. The zero-order valence-electron chi connectivity index (χ0n) is 20.9. The average Bonchev–Trinajstić information content (AvgIpc) is 2.81. The third-order valence-corrected chi connectivity index (χ3v) is 4.60. The summed E-state index contributed by atoms with van der Waals surface area (Å²) in [7, 11) is 0. The highest BCUT2D eigenvalue weighted by molar-refractivity contribution is 5.93. The number of benzene rings is 1. The maximum atomic E-state index is 13.4. The largest absolute Gasteiger partial charge is 0.466 e. The zero-order chi connectivity index (χ0) is 27.3. The molecular formula is C25H32N4O7. The smallest absolute Gasteiger partial charge is 0.408 e. The van der Waals surface area contributed by atoms with Crippen LogP contribution in [0.4, 0.5) is 4.79 Å². The Balaban J connectivity index is 3.35. The number of alkyl carbamates (subject to hydrolysis) is 1. The molecule has 2 atom stereocenters. The van der Waals surface area contributed by atoms with Crippen LogP contribution < -0.4 is 10.6 Å². The number of carbonyl (C=O) groups is 4. The van der Waals surface area contributed by atoms with Crippen LogP contribution >= 0.6 is 0 Å². The standard InChI is InChI=1S/C25H32N4O7/c1-6-17-10-8-9-11-18(17)21(22(32)27-14-12-20(31)35-7-2)29(15-13-26)23(33)19(16-30)28-24(34)36-25(3,4)5/h1,8-11,19,21,30H,7,12,14-16H2,2-5H3,(H,27,32)(H,28,34). The molecule has 3 N–H and O–H groups in total. The van der Waals surface area contributed by atoms with Crippen LogP contribution in [0.3, 0.4) is 0 Å². The van der Waals surface area contributed by atoms with Crippen molar-refractivity contribution in [1.29, 1.82) is 5.26 Å². The van der Waals surface area contributed by atoms with Gasteiger partial charge in [-0.05, 0) is 39.3 Å². The molecule has 0 bridgehead atoms. The van der Waals surface area contributed by atoms with Crippen molar-refractivity contribution in [2.24, 2.45) is 0 Å². The third kappa shape index (κ3) is 9.28. The second kappa shape index (κ2) is 14.3. The molecule has 0 saturated carbocycles. The van der Waals surface area contributed by atoms with Crippen LogP contribution in [-0.2, 0) is 23.9 Å². The molecule has 3 amide bonds. The molecule has 36 heavy (non-hydrogen) atoms. The molecule has 0 aliphatic heterocycles. The number of rotatable bonds is 11. The fourth-order valence-electron chi connectivity index (χ4n) is 3.14. The number of ether oxygens (including phenoxy) is 2. The number of terminal acetylenes is 1. The van der Waals surface area contributed by atoms with Crippen molar-refractivity contribution >= 4 is 23.9 Å². The molecule has 0 spiro atoms. The zero-order valence-corrected chi connectivity index (χ0v) is 20.9. The molecule has 2 unspecified atom stereocenters. The van der Waals surface area contributed by atoms with E-state index in [4.69, 9.17) is 15.9 Å². The van der Waals surface area contributed by atoms with Gasteiger partial charge in [-0.1, -0.05) is 24.1 Å². The van der Waals surface area contributed by atoms with Crippen LogP contribution in [-0.4, -0.2) is 71.8 Å². The summed E-state index contributed by atoms with van der Waals surface area (Å²) in [6.45, 7) is 5.21. The van der Waals surface area contributed by atoms with Gasteiger partial charge in [0.25, 0.3) is 0 Å². The van der Waals surface area contributed by atoms with Gasteiger partial charge < -0.3 is 30.1 Å². The van der Waals surface area contributed by atoms with Crippen LogP contribution in [0.5, 0.6) is 0 Å². The van der Waals surface area contributed by atoms with Crippen molar-refractivity contribution in [2.45, 2.75) is 51.8 Å². The molecule has 0 heterocycles. The highest BCUT2D eigenvalue weighted by Gasteiger charge is 2.37. The lowest BCUT2D eigenvalue weighted by atomic mass is 9.97. The first-order chi connectivity index (χ1) is 17.0. The number of nitrogens with one attached hydrogen (secondary N) is 2. The Morgan fingerprint density at radius 3 is 2.44 bits per heavy atom. The first kappa shape index (κ1) is 29.9. The quantitative estimate of drug-likeness (QED) is 0.231. The molecule has 0 saturated heterocycles. The van der Waals surface area contributed by atoms with Crippen LogP contribution in [0, 0.1) is 23.7 Å². The van der Waals surface area contributed by atoms with Gasteiger partial charge in [0.05, 0.1) is 25.7 Å². The predicted molar refractivity (Wildman–Crippen MR) is 129 cm³/mol. The minimum absolute atomic E-state index is 0.0967. The first-order valence-corrected chi connectivity index (χ1v) is 11.3. The molecule has 0 radical (unpaired) electrons. The van der Waals surface area contributed by atoms with Gasteiger partial charge in [0.15, 0.2) is 0 Å². The summed E-state index contributed by atoms with van der Waals surface area (Å²) in [5.41, 5.74) is -0.336. The highest BCUT2D eigenvalue weighted by Crippen LogP contribution is 2.25. The van der Waals surface area contributed by atoms with Gasteiger partial charge in [-0.15, -0.1) is 6.42 Å². The Labute approximate surface area is 210 Å². The third-order valence-electron chi connectivity index (χ3n) is 4.60. The first-order valence-electron chi connectivity index (χ1n) is 11.3. The number of aliphatic hydroxyl groups is 1. The second-order valence-electron chi connectivity index (χ2n) is 8.49. The number of hydrogen-bond acceptors (Lipinski definition) is 8. The number of esters is 1. The van der Waals surface area contributed by atoms with E-state index in [1.165, 1.54) is 6.07 Å². The van der Waals surface area contributed by atoms with Crippen molar-refractivity contribution in [3.63, 3.8) is 0 Å². The average molecular weight is 501 g/mol. The van der Waals surface area contributed by atoms with E-state index in [0.29, 0.717) is 5.56 Å². The lowest BCUT2D eigenvalue weighted by Crippen LogP contribution is -2.54. The van der Waals surface area contributed by atoms with Crippen LogP contribution in [0.25, 0.3) is 0 Å². The van der Waals surface area contributed by atoms with E-state index < -0.39 is 54.7 Å². The topological polar surface area (TPSA) is 158 Å². The Kier molecular flexibility index (Phi) is 11.9. The molecule has 0 aromatic heterocycles. The van der Waals surface area contributed by atoms with Gasteiger partial charge in [-0.25, -0.2) is 4.79 Å². The van der Waals surface area contributed by atoms with Gasteiger partial charge in [-0.3, -0.25) is 14.4 Å². The maximum Gasteiger partial charge on any atom is 0.408 e.